The number of aryl methyl sites for hydroxylation is 2. The van der Waals surface area contributed by atoms with Gasteiger partial charge in [0.25, 0.3) is 0 Å². The van der Waals surface area contributed by atoms with E-state index in [4.69, 9.17) is 5.11 Å². The first-order valence-corrected chi connectivity index (χ1v) is 7.71. The molecule has 3 aromatic rings. The SMILES string of the molecule is O=C(O)c1ccc2nc(CCCc3ccccc3)sc2c1. The third kappa shape index (κ3) is 3.28. The lowest BCUT2D eigenvalue weighted by molar-refractivity contribution is 0.0697. The highest BCUT2D eigenvalue weighted by atomic mass is 32.1. The average molecular weight is 297 g/mol. The van der Waals surface area contributed by atoms with Crippen molar-refractivity contribution in [1.82, 2.24) is 4.98 Å². The smallest absolute Gasteiger partial charge is 0.335 e. The van der Waals surface area contributed by atoms with Crippen molar-refractivity contribution in [2.45, 2.75) is 19.3 Å². The van der Waals surface area contributed by atoms with Crippen LogP contribution in [0.5, 0.6) is 0 Å². The molecule has 3 rings (SSSR count). The minimum Gasteiger partial charge on any atom is -0.478 e. The number of carboxylic acid groups (broad SMARTS) is 1. The van der Waals surface area contributed by atoms with Crippen LogP contribution in [-0.4, -0.2) is 16.1 Å². The maximum atomic E-state index is 11.0. The van der Waals surface area contributed by atoms with Gasteiger partial charge in [-0.1, -0.05) is 30.3 Å². The Bertz CT molecular complexity index is 765. The summed E-state index contributed by atoms with van der Waals surface area (Å²) in [5, 5.41) is 10.1. The molecule has 0 saturated carbocycles. The fourth-order valence-corrected chi connectivity index (χ4v) is 3.35. The Morgan fingerprint density at radius 2 is 1.90 bits per heavy atom. The molecule has 0 radical (unpaired) electrons. The van der Waals surface area contributed by atoms with Crippen LogP contribution in [0.25, 0.3) is 10.2 Å². The quantitative estimate of drug-likeness (QED) is 0.769. The second-order valence-corrected chi connectivity index (χ2v) is 6.05. The van der Waals surface area contributed by atoms with Gasteiger partial charge in [-0.3, -0.25) is 0 Å². The standard InChI is InChI=1S/C17H15NO2S/c19-17(20)13-9-10-14-15(11-13)21-16(18-14)8-4-7-12-5-2-1-3-6-12/h1-3,5-6,9-11H,4,7-8H2,(H,19,20). The van der Waals surface area contributed by atoms with Crippen molar-refractivity contribution < 1.29 is 9.90 Å². The summed E-state index contributed by atoms with van der Waals surface area (Å²) in [5.41, 5.74) is 2.55. The number of hydrogen-bond donors (Lipinski definition) is 1. The number of carboxylic acids is 1. The first kappa shape index (κ1) is 13.8. The Hall–Kier alpha value is -2.20. The van der Waals surface area contributed by atoms with Gasteiger partial charge in [-0.2, -0.15) is 0 Å². The predicted octanol–water partition coefficient (Wildman–Crippen LogP) is 4.17. The molecule has 0 atom stereocenters. The van der Waals surface area contributed by atoms with Gasteiger partial charge in [-0.05, 0) is 43.0 Å². The van der Waals surface area contributed by atoms with Crippen molar-refractivity contribution in [1.29, 1.82) is 0 Å². The summed E-state index contributed by atoms with van der Waals surface area (Å²) >= 11 is 1.59. The van der Waals surface area contributed by atoms with Crippen LogP contribution in [0.2, 0.25) is 0 Å². The minimum absolute atomic E-state index is 0.321. The number of nitrogens with zero attached hydrogens (tertiary/aromatic N) is 1. The Kier molecular flexibility index (Phi) is 3.97. The van der Waals surface area contributed by atoms with E-state index in [2.05, 4.69) is 29.2 Å². The number of aromatic carboxylic acids is 1. The molecule has 0 fully saturated rings. The van der Waals surface area contributed by atoms with E-state index in [0.29, 0.717) is 5.56 Å². The lowest BCUT2D eigenvalue weighted by Crippen LogP contribution is -1.94. The topological polar surface area (TPSA) is 50.2 Å². The molecular weight excluding hydrogens is 282 g/mol. The maximum Gasteiger partial charge on any atom is 0.335 e. The van der Waals surface area contributed by atoms with E-state index in [1.807, 2.05) is 6.07 Å². The summed E-state index contributed by atoms with van der Waals surface area (Å²) in [4.78, 5) is 15.5. The minimum atomic E-state index is -0.893. The molecule has 1 heterocycles. The third-order valence-corrected chi connectivity index (χ3v) is 4.46. The van der Waals surface area contributed by atoms with Crippen molar-refractivity contribution in [3.8, 4) is 0 Å². The first-order valence-electron chi connectivity index (χ1n) is 6.89. The van der Waals surface area contributed by atoms with E-state index in [-0.39, 0.29) is 0 Å². The molecule has 1 N–H and O–H groups in total. The molecular formula is C17H15NO2S. The van der Waals surface area contributed by atoms with Gasteiger partial charge in [-0.25, -0.2) is 9.78 Å². The fraction of sp³-hybridized carbons (Fsp3) is 0.176. The molecule has 0 aliphatic heterocycles. The molecule has 106 valence electrons. The third-order valence-electron chi connectivity index (χ3n) is 3.38. The molecule has 0 unspecified atom stereocenters. The Morgan fingerprint density at radius 1 is 1.10 bits per heavy atom. The van der Waals surface area contributed by atoms with Crippen LogP contribution in [0.15, 0.2) is 48.5 Å². The van der Waals surface area contributed by atoms with Crippen LogP contribution in [0.3, 0.4) is 0 Å². The van der Waals surface area contributed by atoms with Crippen LogP contribution in [0, 0.1) is 0 Å². The second kappa shape index (κ2) is 6.06. The van der Waals surface area contributed by atoms with E-state index >= 15 is 0 Å². The number of carbonyl (C=O) groups is 1. The number of aromatic nitrogens is 1. The van der Waals surface area contributed by atoms with Crippen LogP contribution in [0.1, 0.15) is 27.3 Å². The summed E-state index contributed by atoms with van der Waals surface area (Å²) < 4.78 is 0.949. The zero-order valence-electron chi connectivity index (χ0n) is 11.5. The lowest BCUT2D eigenvalue weighted by Gasteiger charge is -1.98. The average Bonchev–Trinajstić information content (AvgIpc) is 2.90. The second-order valence-electron chi connectivity index (χ2n) is 4.93. The Balaban J connectivity index is 1.68. The molecule has 21 heavy (non-hydrogen) atoms. The lowest BCUT2D eigenvalue weighted by atomic mass is 10.1. The van der Waals surface area contributed by atoms with Crippen LogP contribution in [0.4, 0.5) is 0 Å². The number of hydrogen-bond acceptors (Lipinski definition) is 3. The Morgan fingerprint density at radius 3 is 2.67 bits per heavy atom. The zero-order valence-corrected chi connectivity index (χ0v) is 12.3. The van der Waals surface area contributed by atoms with Crippen molar-refractivity contribution >= 4 is 27.5 Å². The molecule has 0 spiro atoms. The summed E-state index contributed by atoms with van der Waals surface area (Å²) in [6.07, 6.45) is 3.02. The highest BCUT2D eigenvalue weighted by Gasteiger charge is 2.08. The molecule has 1 aromatic heterocycles. The maximum absolute atomic E-state index is 11.0. The van der Waals surface area contributed by atoms with Gasteiger partial charge in [0.15, 0.2) is 0 Å². The predicted molar refractivity (Wildman–Crippen MR) is 85.0 cm³/mol. The summed E-state index contributed by atoms with van der Waals surface area (Å²) in [7, 11) is 0. The number of benzene rings is 2. The fourth-order valence-electron chi connectivity index (χ4n) is 2.30. The molecule has 0 saturated heterocycles. The summed E-state index contributed by atoms with van der Waals surface area (Å²) in [5.74, 6) is -0.893. The van der Waals surface area contributed by atoms with Crippen molar-refractivity contribution in [2.75, 3.05) is 0 Å². The van der Waals surface area contributed by atoms with E-state index in [0.717, 1.165) is 34.5 Å². The number of rotatable bonds is 5. The number of fused-ring (bicyclic) bond motifs is 1. The van der Waals surface area contributed by atoms with Crippen LogP contribution < -0.4 is 0 Å². The van der Waals surface area contributed by atoms with E-state index in [9.17, 15) is 4.79 Å². The molecule has 0 bridgehead atoms. The highest BCUT2D eigenvalue weighted by molar-refractivity contribution is 7.18. The normalized spacial score (nSPS) is 10.9. The van der Waals surface area contributed by atoms with Crippen LogP contribution in [-0.2, 0) is 12.8 Å². The van der Waals surface area contributed by atoms with E-state index in [1.165, 1.54) is 5.56 Å². The van der Waals surface area contributed by atoms with Crippen molar-refractivity contribution in [2.24, 2.45) is 0 Å². The van der Waals surface area contributed by atoms with Gasteiger partial charge < -0.3 is 5.11 Å². The molecule has 0 aliphatic rings. The monoisotopic (exact) mass is 297 g/mol. The van der Waals surface area contributed by atoms with E-state index in [1.54, 1.807) is 29.5 Å². The molecule has 3 nitrogen and oxygen atoms in total. The van der Waals surface area contributed by atoms with Gasteiger partial charge in [0, 0.05) is 0 Å². The van der Waals surface area contributed by atoms with Crippen molar-refractivity contribution in [3.63, 3.8) is 0 Å². The summed E-state index contributed by atoms with van der Waals surface area (Å²) in [6, 6.07) is 15.5. The van der Waals surface area contributed by atoms with Crippen molar-refractivity contribution in [3.05, 3.63) is 64.7 Å². The first-order chi connectivity index (χ1) is 10.2. The van der Waals surface area contributed by atoms with E-state index < -0.39 is 5.97 Å². The molecule has 0 aliphatic carbocycles. The van der Waals surface area contributed by atoms with Crippen LogP contribution >= 0.6 is 11.3 Å². The van der Waals surface area contributed by atoms with Gasteiger partial charge in [-0.15, -0.1) is 11.3 Å². The van der Waals surface area contributed by atoms with Gasteiger partial charge in [0.2, 0.25) is 0 Å². The Labute approximate surface area is 126 Å². The number of thiazole rings is 1. The van der Waals surface area contributed by atoms with Gasteiger partial charge in [0.05, 0.1) is 20.8 Å². The van der Waals surface area contributed by atoms with Gasteiger partial charge in [0.1, 0.15) is 0 Å². The molecule has 2 aromatic carbocycles. The molecule has 4 heteroatoms. The van der Waals surface area contributed by atoms with Gasteiger partial charge >= 0.3 is 5.97 Å². The highest BCUT2D eigenvalue weighted by Crippen LogP contribution is 2.24. The largest absolute Gasteiger partial charge is 0.478 e. The zero-order chi connectivity index (χ0) is 14.7. The molecule has 0 amide bonds. The summed E-state index contributed by atoms with van der Waals surface area (Å²) in [6.45, 7) is 0.